The van der Waals surface area contributed by atoms with Gasteiger partial charge in [-0.3, -0.25) is 9.78 Å². The maximum absolute atomic E-state index is 12.7. The molecule has 4 heterocycles. The molecule has 138 valence electrons. The Bertz CT molecular complexity index is 774. The highest BCUT2D eigenvalue weighted by Gasteiger charge is 2.46. The first-order valence-corrected chi connectivity index (χ1v) is 8.85. The average molecular weight is 357 g/mol. The third kappa shape index (κ3) is 3.16. The Balaban J connectivity index is 1.53. The first-order valence-electron chi connectivity index (χ1n) is 8.85. The van der Waals surface area contributed by atoms with Gasteiger partial charge in [-0.25, -0.2) is 4.98 Å². The van der Waals surface area contributed by atoms with Crippen LogP contribution in [0.15, 0.2) is 23.1 Å². The predicted octanol–water partition coefficient (Wildman–Crippen LogP) is 1.34. The first-order chi connectivity index (χ1) is 12.6. The second-order valence-electron chi connectivity index (χ2n) is 7.27. The third-order valence-corrected chi connectivity index (χ3v) is 5.25. The fraction of sp³-hybridized carbons (Fsp3) is 0.556. The molecule has 0 bridgehead atoms. The van der Waals surface area contributed by atoms with Crippen molar-refractivity contribution < 1.29 is 14.1 Å². The molecule has 0 saturated carbocycles. The molecule has 0 aliphatic carbocycles. The Kier molecular flexibility index (Phi) is 4.36. The summed E-state index contributed by atoms with van der Waals surface area (Å²) < 4.78 is 11.1. The van der Waals surface area contributed by atoms with Crippen molar-refractivity contribution in [3.63, 3.8) is 0 Å². The third-order valence-electron chi connectivity index (χ3n) is 5.25. The minimum Gasteiger partial charge on any atom is -0.379 e. The second-order valence-corrected chi connectivity index (χ2v) is 7.27. The van der Waals surface area contributed by atoms with Gasteiger partial charge < -0.3 is 19.1 Å². The van der Waals surface area contributed by atoms with Crippen molar-refractivity contribution >= 4 is 11.7 Å². The van der Waals surface area contributed by atoms with Crippen LogP contribution >= 0.6 is 0 Å². The summed E-state index contributed by atoms with van der Waals surface area (Å²) in [6, 6.07) is 0. The SMILES string of the molecule is Cc1noc(C)c1CN1C[C@]2(COCCN(c3cnccn3)C2)CC1=O. The lowest BCUT2D eigenvalue weighted by atomic mass is 9.87. The minimum absolute atomic E-state index is 0.148. The van der Waals surface area contributed by atoms with E-state index in [9.17, 15) is 4.79 Å². The number of nitrogens with zero attached hydrogens (tertiary/aromatic N) is 5. The zero-order valence-electron chi connectivity index (χ0n) is 15.1. The van der Waals surface area contributed by atoms with E-state index in [1.165, 1.54) is 0 Å². The van der Waals surface area contributed by atoms with E-state index in [4.69, 9.17) is 9.26 Å². The lowest BCUT2D eigenvalue weighted by Crippen LogP contribution is -2.41. The molecule has 4 rings (SSSR count). The van der Waals surface area contributed by atoms with Crippen molar-refractivity contribution in [2.24, 2.45) is 5.41 Å². The molecule has 2 aromatic rings. The fourth-order valence-electron chi connectivity index (χ4n) is 3.89. The van der Waals surface area contributed by atoms with E-state index in [0.717, 1.165) is 35.9 Å². The van der Waals surface area contributed by atoms with Crippen molar-refractivity contribution in [2.75, 3.05) is 37.7 Å². The topological polar surface area (TPSA) is 84.6 Å². The van der Waals surface area contributed by atoms with Crippen LogP contribution in [0.3, 0.4) is 0 Å². The van der Waals surface area contributed by atoms with E-state index < -0.39 is 0 Å². The molecule has 2 saturated heterocycles. The standard InChI is InChI=1S/C18H23N5O3/c1-13-15(14(2)26-21-13)9-23-11-18(7-17(23)24)10-22(5-6-25-12-18)16-8-19-3-4-20-16/h3-4,8H,5-7,9-12H2,1-2H3/t18-/m0/s1. The number of carbonyl (C=O) groups excluding carboxylic acids is 1. The molecule has 1 spiro atoms. The second kappa shape index (κ2) is 6.68. The number of anilines is 1. The maximum Gasteiger partial charge on any atom is 0.223 e. The van der Waals surface area contributed by atoms with E-state index in [-0.39, 0.29) is 11.3 Å². The lowest BCUT2D eigenvalue weighted by molar-refractivity contribution is -0.128. The van der Waals surface area contributed by atoms with Crippen LogP contribution in [-0.4, -0.2) is 58.8 Å². The maximum atomic E-state index is 12.7. The Morgan fingerprint density at radius 1 is 1.27 bits per heavy atom. The largest absolute Gasteiger partial charge is 0.379 e. The van der Waals surface area contributed by atoms with Crippen LogP contribution in [-0.2, 0) is 16.1 Å². The molecule has 8 nitrogen and oxygen atoms in total. The minimum atomic E-state index is -0.232. The van der Waals surface area contributed by atoms with Crippen LogP contribution in [0.5, 0.6) is 0 Å². The van der Waals surface area contributed by atoms with Gasteiger partial charge in [-0.15, -0.1) is 0 Å². The number of ether oxygens (including phenoxy) is 1. The fourth-order valence-corrected chi connectivity index (χ4v) is 3.89. The molecule has 0 unspecified atom stereocenters. The highest BCUT2D eigenvalue weighted by Crippen LogP contribution is 2.36. The van der Waals surface area contributed by atoms with Gasteiger partial charge in [-0.2, -0.15) is 0 Å². The van der Waals surface area contributed by atoms with Gasteiger partial charge in [0.2, 0.25) is 5.91 Å². The summed E-state index contributed by atoms with van der Waals surface area (Å²) in [5, 5.41) is 3.99. The first kappa shape index (κ1) is 17.0. The highest BCUT2D eigenvalue weighted by atomic mass is 16.5. The van der Waals surface area contributed by atoms with Crippen LogP contribution in [0.1, 0.15) is 23.4 Å². The van der Waals surface area contributed by atoms with E-state index >= 15 is 0 Å². The summed E-state index contributed by atoms with van der Waals surface area (Å²) in [6.45, 7) is 7.67. The highest BCUT2D eigenvalue weighted by molar-refractivity contribution is 5.79. The van der Waals surface area contributed by atoms with Crippen molar-refractivity contribution in [2.45, 2.75) is 26.8 Å². The van der Waals surface area contributed by atoms with Gasteiger partial charge in [0.05, 0.1) is 31.6 Å². The zero-order chi connectivity index (χ0) is 18.1. The van der Waals surface area contributed by atoms with Gasteiger partial charge in [-0.1, -0.05) is 5.16 Å². The number of carbonyl (C=O) groups is 1. The van der Waals surface area contributed by atoms with Gasteiger partial charge in [0.15, 0.2) is 0 Å². The molecular formula is C18H23N5O3. The van der Waals surface area contributed by atoms with Crippen LogP contribution in [0.2, 0.25) is 0 Å². The van der Waals surface area contributed by atoms with E-state index in [2.05, 4.69) is 20.0 Å². The molecule has 0 aromatic carbocycles. The molecule has 2 aliphatic rings. The molecule has 1 atom stereocenters. The average Bonchev–Trinajstić information content (AvgIpc) is 3.02. The Morgan fingerprint density at radius 2 is 2.15 bits per heavy atom. The molecule has 1 amide bonds. The summed E-state index contributed by atoms with van der Waals surface area (Å²) in [5.41, 5.74) is 1.61. The number of aryl methyl sites for hydroxylation is 2. The summed E-state index contributed by atoms with van der Waals surface area (Å²) in [4.78, 5) is 25.4. The Labute approximate surface area is 152 Å². The number of likely N-dealkylation sites (tertiary alicyclic amines) is 1. The number of rotatable bonds is 3. The zero-order valence-corrected chi connectivity index (χ0v) is 15.1. The number of hydrogen-bond donors (Lipinski definition) is 0. The number of aromatic nitrogens is 3. The van der Waals surface area contributed by atoms with Crippen molar-refractivity contribution in [3.8, 4) is 0 Å². The summed E-state index contributed by atoms with van der Waals surface area (Å²) in [5.74, 6) is 1.75. The molecule has 8 heteroatoms. The molecular weight excluding hydrogens is 334 g/mol. The van der Waals surface area contributed by atoms with Crippen molar-refractivity contribution in [1.29, 1.82) is 0 Å². The van der Waals surface area contributed by atoms with E-state index in [1.807, 2.05) is 18.7 Å². The molecule has 2 aliphatic heterocycles. The number of amides is 1. The van der Waals surface area contributed by atoms with E-state index in [1.54, 1.807) is 18.6 Å². The molecule has 0 N–H and O–H groups in total. The number of hydrogen-bond acceptors (Lipinski definition) is 7. The van der Waals surface area contributed by atoms with Gasteiger partial charge in [0, 0.05) is 49.4 Å². The summed E-state index contributed by atoms with van der Waals surface area (Å²) >= 11 is 0. The smallest absolute Gasteiger partial charge is 0.223 e. The summed E-state index contributed by atoms with van der Waals surface area (Å²) in [7, 11) is 0. The van der Waals surface area contributed by atoms with Crippen molar-refractivity contribution in [1.82, 2.24) is 20.0 Å². The predicted molar refractivity (Wildman–Crippen MR) is 93.5 cm³/mol. The van der Waals surface area contributed by atoms with Crippen molar-refractivity contribution in [3.05, 3.63) is 35.6 Å². The monoisotopic (exact) mass is 357 g/mol. The molecule has 2 fully saturated rings. The van der Waals surface area contributed by atoms with E-state index in [0.29, 0.717) is 32.7 Å². The van der Waals surface area contributed by atoms with Gasteiger partial charge >= 0.3 is 0 Å². The van der Waals surface area contributed by atoms with Crippen LogP contribution in [0.4, 0.5) is 5.82 Å². The molecule has 0 radical (unpaired) electrons. The van der Waals surface area contributed by atoms with Crippen LogP contribution in [0.25, 0.3) is 0 Å². The Morgan fingerprint density at radius 3 is 2.88 bits per heavy atom. The van der Waals surface area contributed by atoms with Gasteiger partial charge in [0.1, 0.15) is 11.6 Å². The van der Waals surface area contributed by atoms with Crippen LogP contribution in [0, 0.1) is 19.3 Å². The normalized spacial score (nSPS) is 23.7. The summed E-state index contributed by atoms with van der Waals surface area (Å²) in [6.07, 6.45) is 5.60. The quantitative estimate of drug-likeness (QED) is 0.819. The molecule has 26 heavy (non-hydrogen) atoms. The Hall–Kier alpha value is -2.48. The lowest BCUT2D eigenvalue weighted by Gasteiger charge is -2.31. The van der Waals surface area contributed by atoms with Gasteiger partial charge in [0.25, 0.3) is 0 Å². The molecule has 2 aromatic heterocycles. The van der Waals surface area contributed by atoms with Crippen LogP contribution < -0.4 is 4.90 Å². The van der Waals surface area contributed by atoms with Gasteiger partial charge in [-0.05, 0) is 13.8 Å².